The third kappa shape index (κ3) is 3.57. The Bertz CT molecular complexity index is 721. The van der Waals surface area contributed by atoms with Crippen LogP contribution in [-0.4, -0.2) is 42.8 Å². The molecule has 1 saturated heterocycles. The molecule has 1 aliphatic heterocycles. The van der Waals surface area contributed by atoms with Gasteiger partial charge in [-0.05, 0) is 49.7 Å². The van der Waals surface area contributed by atoms with E-state index in [-0.39, 0.29) is 5.82 Å². The van der Waals surface area contributed by atoms with E-state index in [4.69, 9.17) is 0 Å². The Kier molecular flexibility index (Phi) is 4.81. The van der Waals surface area contributed by atoms with Crippen LogP contribution < -0.4 is 4.90 Å². The number of halogens is 1. The van der Waals surface area contributed by atoms with Crippen molar-refractivity contribution in [1.29, 1.82) is 0 Å². The minimum atomic E-state index is -1.01. The van der Waals surface area contributed by atoms with E-state index in [1.807, 2.05) is 37.4 Å². The van der Waals surface area contributed by atoms with Crippen LogP contribution in [0.1, 0.15) is 6.42 Å². The quantitative estimate of drug-likeness (QED) is 0.925. The molecule has 5 heteroatoms. The van der Waals surface area contributed by atoms with Crippen LogP contribution >= 0.6 is 0 Å². The van der Waals surface area contributed by atoms with Crippen molar-refractivity contribution in [3.05, 3.63) is 54.3 Å². The fraction of sp³-hybridized carbons (Fsp3) is 0.316. The molecule has 0 bridgehead atoms. The maximum atomic E-state index is 13.8. The molecule has 2 aromatic carbocycles. The number of hydrogen-bond donors (Lipinski definition) is 1. The van der Waals surface area contributed by atoms with Crippen molar-refractivity contribution in [2.75, 3.05) is 31.6 Å². The molecule has 1 aliphatic rings. The molecule has 24 heavy (non-hydrogen) atoms. The zero-order chi connectivity index (χ0) is 17.1. The summed E-state index contributed by atoms with van der Waals surface area (Å²) < 4.78 is 13.8. The van der Waals surface area contributed by atoms with E-state index in [1.165, 1.54) is 17.0 Å². The second-order valence-corrected chi connectivity index (χ2v) is 6.34. The number of nitrogens with zero attached hydrogens (tertiary/aromatic N) is 2. The Morgan fingerprint density at radius 2 is 2.04 bits per heavy atom. The summed E-state index contributed by atoms with van der Waals surface area (Å²) >= 11 is 0. The molecule has 1 atom stereocenters. The van der Waals surface area contributed by atoms with Gasteiger partial charge in [-0.3, -0.25) is 4.90 Å². The highest BCUT2D eigenvalue weighted by molar-refractivity contribution is 5.92. The number of rotatable bonds is 4. The lowest BCUT2D eigenvalue weighted by molar-refractivity contribution is 0.200. The fourth-order valence-electron chi connectivity index (χ4n) is 3.31. The number of carbonyl (C=O) groups is 1. The maximum absolute atomic E-state index is 13.8. The highest BCUT2D eigenvalue weighted by atomic mass is 19.1. The van der Waals surface area contributed by atoms with Crippen molar-refractivity contribution in [1.82, 2.24) is 4.90 Å². The van der Waals surface area contributed by atoms with Crippen molar-refractivity contribution in [2.45, 2.75) is 6.42 Å². The van der Waals surface area contributed by atoms with Gasteiger partial charge < -0.3 is 10.0 Å². The van der Waals surface area contributed by atoms with E-state index >= 15 is 0 Å². The van der Waals surface area contributed by atoms with E-state index in [1.54, 1.807) is 6.07 Å². The molecule has 1 N–H and O–H groups in total. The summed E-state index contributed by atoms with van der Waals surface area (Å²) in [5.74, 6) is -0.0803. The number of hydrogen-bond acceptors (Lipinski definition) is 2. The second-order valence-electron chi connectivity index (χ2n) is 6.34. The average molecular weight is 328 g/mol. The molecule has 2 aromatic rings. The Balaban J connectivity index is 1.97. The number of carboxylic acid groups (broad SMARTS) is 1. The predicted octanol–water partition coefficient (Wildman–Crippen LogP) is 3.93. The van der Waals surface area contributed by atoms with Gasteiger partial charge >= 0.3 is 6.09 Å². The number of benzene rings is 2. The van der Waals surface area contributed by atoms with Crippen LogP contribution in [0.5, 0.6) is 0 Å². The van der Waals surface area contributed by atoms with Crippen LogP contribution in [-0.2, 0) is 0 Å². The molecule has 0 saturated carbocycles. The first-order valence-electron chi connectivity index (χ1n) is 8.08. The molecular formula is C19H21FN2O2. The molecule has 3 rings (SSSR count). The molecule has 0 aliphatic carbocycles. The monoisotopic (exact) mass is 328 g/mol. The van der Waals surface area contributed by atoms with E-state index in [0.717, 1.165) is 25.1 Å². The lowest BCUT2D eigenvalue weighted by atomic mass is 10.0. The Morgan fingerprint density at radius 1 is 1.29 bits per heavy atom. The van der Waals surface area contributed by atoms with Crippen LogP contribution in [0.3, 0.4) is 0 Å². The van der Waals surface area contributed by atoms with Gasteiger partial charge in [-0.25, -0.2) is 9.18 Å². The Morgan fingerprint density at radius 3 is 2.67 bits per heavy atom. The van der Waals surface area contributed by atoms with Gasteiger partial charge in [0.1, 0.15) is 5.82 Å². The van der Waals surface area contributed by atoms with Crippen molar-refractivity contribution in [3.63, 3.8) is 0 Å². The first kappa shape index (κ1) is 16.5. The first-order chi connectivity index (χ1) is 11.5. The SMILES string of the molecule is CN1CCC(CN(C(=O)O)c2ccc(F)cc2-c2ccccc2)C1. The third-order valence-electron chi connectivity index (χ3n) is 4.49. The van der Waals surface area contributed by atoms with E-state index in [0.29, 0.717) is 23.7 Å². The predicted molar refractivity (Wildman–Crippen MR) is 92.8 cm³/mol. The van der Waals surface area contributed by atoms with Crippen LogP contribution in [0.25, 0.3) is 11.1 Å². The van der Waals surface area contributed by atoms with Gasteiger partial charge in [0.05, 0.1) is 5.69 Å². The molecule has 0 radical (unpaired) electrons. The molecule has 4 nitrogen and oxygen atoms in total. The molecule has 1 heterocycles. The van der Waals surface area contributed by atoms with Crippen LogP contribution in [0, 0.1) is 11.7 Å². The van der Waals surface area contributed by atoms with Crippen molar-refractivity contribution in [3.8, 4) is 11.1 Å². The average Bonchev–Trinajstić information content (AvgIpc) is 2.99. The molecule has 0 aromatic heterocycles. The largest absolute Gasteiger partial charge is 0.465 e. The molecule has 1 amide bonds. The summed E-state index contributed by atoms with van der Waals surface area (Å²) in [7, 11) is 2.04. The normalized spacial score (nSPS) is 17.8. The van der Waals surface area contributed by atoms with Crippen LogP contribution in [0.2, 0.25) is 0 Å². The van der Waals surface area contributed by atoms with Gasteiger partial charge in [-0.15, -0.1) is 0 Å². The summed E-state index contributed by atoms with van der Waals surface area (Å²) in [6.07, 6.45) is -0.0318. The zero-order valence-corrected chi connectivity index (χ0v) is 13.7. The second kappa shape index (κ2) is 7.01. The number of amides is 1. The molecule has 1 unspecified atom stereocenters. The smallest absolute Gasteiger partial charge is 0.411 e. The molecule has 0 spiro atoms. The van der Waals surface area contributed by atoms with Gasteiger partial charge in [0.2, 0.25) is 0 Å². The standard InChI is InChI=1S/C19H21FN2O2/c1-21-10-9-14(12-21)13-22(19(23)24)18-8-7-16(20)11-17(18)15-5-3-2-4-6-15/h2-8,11,14H,9-10,12-13H2,1H3,(H,23,24). The van der Waals surface area contributed by atoms with Gasteiger partial charge in [0.15, 0.2) is 0 Å². The first-order valence-corrected chi connectivity index (χ1v) is 8.08. The van der Waals surface area contributed by atoms with Crippen molar-refractivity contribution in [2.24, 2.45) is 5.92 Å². The van der Waals surface area contributed by atoms with Crippen LogP contribution in [0.4, 0.5) is 14.9 Å². The lowest BCUT2D eigenvalue weighted by Gasteiger charge is -2.25. The Hall–Kier alpha value is -2.40. The zero-order valence-electron chi connectivity index (χ0n) is 13.7. The highest BCUT2D eigenvalue weighted by Crippen LogP contribution is 2.33. The van der Waals surface area contributed by atoms with Gasteiger partial charge in [-0.1, -0.05) is 30.3 Å². The summed E-state index contributed by atoms with van der Waals surface area (Å²) in [4.78, 5) is 15.4. The van der Waals surface area contributed by atoms with Crippen molar-refractivity contribution < 1.29 is 14.3 Å². The lowest BCUT2D eigenvalue weighted by Crippen LogP contribution is -2.35. The maximum Gasteiger partial charge on any atom is 0.411 e. The summed E-state index contributed by atoms with van der Waals surface area (Å²) in [5, 5.41) is 9.71. The number of anilines is 1. The van der Waals surface area contributed by atoms with Gasteiger partial charge in [0, 0.05) is 18.7 Å². The summed E-state index contributed by atoms with van der Waals surface area (Å²) in [6, 6.07) is 13.6. The molecule has 126 valence electrons. The summed E-state index contributed by atoms with van der Waals surface area (Å²) in [6.45, 7) is 2.28. The Labute approximate surface area is 141 Å². The molecule has 1 fully saturated rings. The van der Waals surface area contributed by atoms with Gasteiger partial charge in [-0.2, -0.15) is 0 Å². The number of likely N-dealkylation sites (tertiary alicyclic amines) is 1. The van der Waals surface area contributed by atoms with Gasteiger partial charge in [0.25, 0.3) is 0 Å². The van der Waals surface area contributed by atoms with Crippen LogP contribution in [0.15, 0.2) is 48.5 Å². The highest BCUT2D eigenvalue weighted by Gasteiger charge is 2.26. The van der Waals surface area contributed by atoms with E-state index in [2.05, 4.69) is 4.90 Å². The van der Waals surface area contributed by atoms with E-state index in [9.17, 15) is 14.3 Å². The van der Waals surface area contributed by atoms with Crippen molar-refractivity contribution >= 4 is 11.8 Å². The van der Waals surface area contributed by atoms with E-state index < -0.39 is 6.09 Å². The minimum absolute atomic E-state index is 0.291. The topological polar surface area (TPSA) is 43.8 Å². The third-order valence-corrected chi connectivity index (χ3v) is 4.49. The summed E-state index contributed by atoms with van der Waals surface area (Å²) in [5.41, 5.74) is 1.94. The molecular weight excluding hydrogens is 307 g/mol. The minimum Gasteiger partial charge on any atom is -0.465 e. The fourth-order valence-corrected chi connectivity index (χ4v) is 3.31.